The van der Waals surface area contributed by atoms with Crippen LogP contribution in [0.3, 0.4) is 0 Å². The number of carbonyl (C=O) groups is 1. The van der Waals surface area contributed by atoms with Crippen LogP contribution in [0.4, 0.5) is 0 Å². The molecule has 136 valence electrons. The maximum atomic E-state index is 13.3. The number of aryl methyl sites for hydroxylation is 1. The Labute approximate surface area is 156 Å². The number of piperidine rings is 1. The molecule has 4 aromatic rings. The zero-order chi connectivity index (χ0) is 18.4. The van der Waals surface area contributed by atoms with E-state index >= 15 is 0 Å². The minimum absolute atomic E-state index is 0.00197. The van der Waals surface area contributed by atoms with E-state index in [1.165, 1.54) is 0 Å². The average molecular weight is 359 g/mol. The molecule has 0 unspecified atom stereocenters. The van der Waals surface area contributed by atoms with E-state index in [9.17, 15) is 4.79 Å². The summed E-state index contributed by atoms with van der Waals surface area (Å²) in [7, 11) is 0. The van der Waals surface area contributed by atoms with Crippen LogP contribution in [0.5, 0.6) is 0 Å². The average Bonchev–Trinajstić information content (AvgIpc) is 3.29. The van der Waals surface area contributed by atoms with E-state index in [1.54, 1.807) is 4.52 Å². The molecule has 0 spiro atoms. The van der Waals surface area contributed by atoms with E-state index in [2.05, 4.69) is 10.1 Å². The van der Waals surface area contributed by atoms with E-state index in [-0.39, 0.29) is 11.9 Å². The largest absolute Gasteiger partial charge is 0.351 e. The number of rotatable bonds is 2. The van der Waals surface area contributed by atoms with Crippen LogP contribution in [0.2, 0.25) is 0 Å². The van der Waals surface area contributed by atoms with Crippen LogP contribution in [-0.4, -0.2) is 36.9 Å². The van der Waals surface area contributed by atoms with Crippen LogP contribution in [0, 0.1) is 6.92 Å². The highest BCUT2D eigenvalue weighted by Crippen LogP contribution is 2.31. The smallest absolute Gasteiger partial charge is 0.270 e. The maximum Gasteiger partial charge on any atom is 0.270 e. The fraction of sp³-hybridized carbons (Fsp3) is 0.286. The first-order valence-corrected chi connectivity index (χ1v) is 9.41. The number of likely N-dealkylation sites (tertiary alicyclic amines) is 1. The summed E-state index contributed by atoms with van der Waals surface area (Å²) in [5, 5.41) is 5.45. The Morgan fingerprint density at radius 3 is 2.96 bits per heavy atom. The lowest BCUT2D eigenvalue weighted by molar-refractivity contribution is 0.0601. The number of fused-ring (bicyclic) bond motifs is 2. The second kappa shape index (κ2) is 6.23. The van der Waals surface area contributed by atoms with Gasteiger partial charge in [0, 0.05) is 29.7 Å². The Morgan fingerprint density at radius 1 is 1.19 bits per heavy atom. The minimum atomic E-state index is -0.00197. The molecule has 1 saturated heterocycles. The number of carbonyl (C=O) groups excluding carboxylic acids is 1. The zero-order valence-electron chi connectivity index (χ0n) is 15.2. The molecule has 6 nitrogen and oxygen atoms in total. The molecule has 0 radical (unpaired) electrons. The van der Waals surface area contributed by atoms with Crippen molar-refractivity contribution in [3.63, 3.8) is 0 Å². The fourth-order valence-electron chi connectivity index (χ4n) is 4.02. The molecular weight excluding hydrogens is 338 g/mol. The van der Waals surface area contributed by atoms with E-state index in [4.69, 9.17) is 4.98 Å². The van der Waals surface area contributed by atoms with Crippen molar-refractivity contribution in [1.82, 2.24) is 24.5 Å². The van der Waals surface area contributed by atoms with Crippen molar-refractivity contribution in [3.8, 4) is 0 Å². The molecule has 0 saturated carbocycles. The number of hydrogen-bond acceptors (Lipinski definition) is 3. The second-order valence-corrected chi connectivity index (χ2v) is 7.22. The quantitative estimate of drug-likeness (QED) is 0.590. The van der Waals surface area contributed by atoms with Crippen molar-refractivity contribution in [1.29, 1.82) is 0 Å². The molecule has 0 aliphatic carbocycles. The molecule has 1 aromatic carbocycles. The van der Waals surface area contributed by atoms with E-state index in [1.807, 2.05) is 60.5 Å². The topological polar surface area (TPSA) is 66.3 Å². The van der Waals surface area contributed by atoms with Gasteiger partial charge in [-0.15, -0.1) is 0 Å². The molecule has 4 heterocycles. The highest BCUT2D eigenvalue weighted by molar-refractivity contribution is 5.98. The number of nitrogens with one attached hydrogen (secondary N) is 1. The number of amides is 1. The minimum Gasteiger partial charge on any atom is -0.351 e. The molecule has 1 amide bonds. The molecule has 6 heteroatoms. The summed E-state index contributed by atoms with van der Waals surface area (Å²) in [5.74, 6) is 0.0438. The Hall–Kier alpha value is -3.15. The molecule has 3 aromatic heterocycles. The molecule has 1 aliphatic heterocycles. The van der Waals surface area contributed by atoms with E-state index in [0.717, 1.165) is 53.7 Å². The lowest BCUT2D eigenvalue weighted by Gasteiger charge is -2.35. The van der Waals surface area contributed by atoms with Gasteiger partial charge in [0.25, 0.3) is 5.91 Å². The first-order valence-electron chi connectivity index (χ1n) is 9.41. The van der Waals surface area contributed by atoms with Crippen LogP contribution in [0.15, 0.2) is 48.7 Å². The van der Waals surface area contributed by atoms with Gasteiger partial charge in [-0.3, -0.25) is 4.79 Å². The van der Waals surface area contributed by atoms with E-state index < -0.39 is 0 Å². The zero-order valence-corrected chi connectivity index (χ0v) is 15.2. The van der Waals surface area contributed by atoms with Gasteiger partial charge < -0.3 is 9.88 Å². The van der Waals surface area contributed by atoms with Gasteiger partial charge in [-0.2, -0.15) is 5.10 Å². The van der Waals surface area contributed by atoms with E-state index in [0.29, 0.717) is 5.69 Å². The van der Waals surface area contributed by atoms with Gasteiger partial charge in [0.05, 0.1) is 17.4 Å². The molecule has 1 fully saturated rings. The summed E-state index contributed by atoms with van der Waals surface area (Å²) in [6, 6.07) is 13.9. The summed E-state index contributed by atoms with van der Waals surface area (Å²) < 4.78 is 1.78. The Bertz CT molecular complexity index is 1110. The van der Waals surface area contributed by atoms with Crippen LogP contribution in [0.1, 0.15) is 47.2 Å². The monoisotopic (exact) mass is 359 g/mol. The number of H-pyrrole nitrogens is 1. The number of benzene rings is 1. The van der Waals surface area contributed by atoms with Gasteiger partial charge in [0.1, 0.15) is 5.69 Å². The van der Waals surface area contributed by atoms with Crippen LogP contribution >= 0.6 is 0 Å². The molecule has 0 bridgehead atoms. The number of aromatic nitrogens is 4. The summed E-state index contributed by atoms with van der Waals surface area (Å²) in [5.41, 5.74) is 4.34. The standard InChI is InChI=1S/C21H21N5O/c1-14-12-20-23-17(9-11-26(20)24-14)19-8-4-5-10-25(19)21(27)18-13-15-6-2-3-7-16(15)22-18/h2-3,6-7,9,11-13,19,22H,4-5,8,10H2,1H3/t19-/m0/s1. The van der Waals surface area contributed by atoms with Crippen molar-refractivity contribution in [2.45, 2.75) is 32.2 Å². The number of aromatic amines is 1. The van der Waals surface area contributed by atoms with Gasteiger partial charge in [0.2, 0.25) is 0 Å². The summed E-state index contributed by atoms with van der Waals surface area (Å²) in [4.78, 5) is 23.3. The first-order chi connectivity index (χ1) is 13.2. The highest BCUT2D eigenvalue weighted by Gasteiger charge is 2.30. The highest BCUT2D eigenvalue weighted by atomic mass is 16.2. The lowest BCUT2D eigenvalue weighted by atomic mass is 9.98. The summed E-state index contributed by atoms with van der Waals surface area (Å²) in [6.07, 6.45) is 5.00. The van der Waals surface area contributed by atoms with Gasteiger partial charge in [-0.25, -0.2) is 9.50 Å². The molecular formula is C21H21N5O. The Balaban J connectivity index is 1.51. The van der Waals surface area contributed by atoms with Gasteiger partial charge >= 0.3 is 0 Å². The number of nitrogens with zero attached hydrogens (tertiary/aromatic N) is 4. The number of hydrogen-bond donors (Lipinski definition) is 1. The fourth-order valence-corrected chi connectivity index (χ4v) is 4.02. The van der Waals surface area contributed by atoms with Crippen molar-refractivity contribution in [3.05, 3.63) is 65.7 Å². The van der Waals surface area contributed by atoms with Gasteiger partial charge in [0.15, 0.2) is 5.65 Å². The van der Waals surface area contributed by atoms with Crippen molar-refractivity contribution >= 4 is 22.5 Å². The summed E-state index contributed by atoms with van der Waals surface area (Å²) in [6.45, 7) is 2.71. The predicted molar refractivity (Wildman–Crippen MR) is 104 cm³/mol. The number of para-hydroxylation sites is 1. The van der Waals surface area contributed by atoms with Crippen LogP contribution in [-0.2, 0) is 0 Å². The first kappa shape index (κ1) is 16.1. The van der Waals surface area contributed by atoms with Gasteiger partial charge in [-0.05, 0) is 44.4 Å². The lowest BCUT2D eigenvalue weighted by Crippen LogP contribution is -2.39. The SMILES string of the molecule is Cc1cc2nc([C@@H]3CCCCN3C(=O)c3cc4ccccc4[nH]3)ccn2n1. The normalized spacial score (nSPS) is 17.7. The summed E-state index contributed by atoms with van der Waals surface area (Å²) >= 11 is 0. The third kappa shape index (κ3) is 2.77. The molecule has 1 aliphatic rings. The molecule has 1 atom stereocenters. The van der Waals surface area contributed by atoms with Crippen LogP contribution in [0.25, 0.3) is 16.6 Å². The third-order valence-corrected chi connectivity index (χ3v) is 5.33. The predicted octanol–water partition coefficient (Wildman–Crippen LogP) is 3.89. The Kier molecular flexibility index (Phi) is 3.70. The molecule has 5 rings (SSSR count). The van der Waals surface area contributed by atoms with Gasteiger partial charge in [-0.1, -0.05) is 18.2 Å². The molecule has 1 N–H and O–H groups in total. The van der Waals surface area contributed by atoms with Crippen molar-refractivity contribution < 1.29 is 4.79 Å². The maximum absolute atomic E-state index is 13.3. The van der Waals surface area contributed by atoms with Crippen LogP contribution < -0.4 is 0 Å². The second-order valence-electron chi connectivity index (χ2n) is 7.22. The van der Waals surface area contributed by atoms with Crippen molar-refractivity contribution in [2.75, 3.05) is 6.54 Å². The molecule has 27 heavy (non-hydrogen) atoms. The third-order valence-electron chi connectivity index (χ3n) is 5.33. The van der Waals surface area contributed by atoms with Crippen molar-refractivity contribution in [2.24, 2.45) is 0 Å². The Morgan fingerprint density at radius 2 is 2.07 bits per heavy atom.